The highest BCUT2D eigenvalue weighted by molar-refractivity contribution is 5.92. The topological polar surface area (TPSA) is 160 Å². The highest BCUT2D eigenvalue weighted by Crippen LogP contribution is 2.39. The Bertz CT molecular complexity index is 1260. The molecule has 11 heteroatoms. The van der Waals surface area contributed by atoms with Crippen LogP contribution in [0.3, 0.4) is 0 Å². The summed E-state index contributed by atoms with van der Waals surface area (Å²) in [5.74, 6) is 2.70. The molecule has 4 heterocycles. The molecular weight excluding hydrogens is 446 g/mol. The molecule has 182 valence electrons. The standard InChI is InChI=1S/C16H19N7.C7H7NO.CH3NO/c1-2-8-22(7-1)16-18-15(13-4-3-9-23(13)21-16)17-14-10-12(19-20-14)11-5-6-11;8-7(9)6-4-2-1-3-5-6;2-1-3/h3-4,9-11H,1-2,5-8H2,(H2,17,18,19,20,21);1-5H,(H2,8,9);1H,(H2,2,3). The fraction of sp³-hybridized carbons (Fsp3) is 0.292. The summed E-state index contributed by atoms with van der Waals surface area (Å²) in [6, 6.07) is 14.9. The van der Waals surface area contributed by atoms with Crippen molar-refractivity contribution in [1.29, 1.82) is 0 Å². The largest absolute Gasteiger partial charge is 0.372 e. The van der Waals surface area contributed by atoms with Crippen molar-refractivity contribution >= 4 is 35.4 Å². The van der Waals surface area contributed by atoms with Crippen molar-refractivity contribution in [2.24, 2.45) is 11.5 Å². The lowest BCUT2D eigenvalue weighted by atomic mass is 10.2. The van der Waals surface area contributed by atoms with E-state index in [2.05, 4.69) is 37.3 Å². The first kappa shape index (κ1) is 23.7. The number of aromatic nitrogens is 5. The number of primary amides is 2. The number of nitrogens with zero attached hydrogens (tertiary/aromatic N) is 5. The van der Waals surface area contributed by atoms with Crippen molar-refractivity contribution in [1.82, 2.24) is 24.8 Å². The maximum atomic E-state index is 10.4. The fourth-order valence-electron chi connectivity index (χ4n) is 3.79. The molecule has 1 saturated heterocycles. The molecule has 11 nitrogen and oxygen atoms in total. The third-order valence-corrected chi connectivity index (χ3v) is 5.69. The maximum absolute atomic E-state index is 10.4. The van der Waals surface area contributed by atoms with Gasteiger partial charge in [-0.3, -0.25) is 14.7 Å². The number of rotatable bonds is 5. The molecule has 0 bridgehead atoms. The van der Waals surface area contributed by atoms with Crippen LogP contribution in [0.15, 0.2) is 54.7 Å². The number of anilines is 3. The molecule has 1 aromatic carbocycles. The normalized spacial score (nSPS) is 14.5. The minimum atomic E-state index is -0.379. The first-order chi connectivity index (χ1) is 17.1. The van der Waals surface area contributed by atoms with Crippen LogP contribution in [0.25, 0.3) is 5.52 Å². The summed E-state index contributed by atoms with van der Waals surface area (Å²) in [5.41, 5.74) is 11.9. The summed E-state index contributed by atoms with van der Waals surface area (Å²) in [6.45, 7) is 2.06. The summed E-state index contributed by atoms with van der Waals surface area (Å²) in [7, 11) is 0. The first-order valence-electron chi connectivity index (χ1n) is 11.5. The third-order valence-electron chi connectivity index (χ3n) is 5.69. The highest BCUT2D eigenvalue weighted by Gasteiger charge is 2.26. The van der Waals surface area contributed by atoms with Gasteiger partial charge in [-0.25, -0.2) is 4.52 Å². The molecule has 4 aromatic rings. The zero-order valence-electron chi connectivity index (χ0n) is 19.3. The number of benzene rings is 1. The minimum Gasteiger partial charge on any atom is -0.372 e. The van der Waals surface area contributed by atoms with E-state index in [0.717, 1.165) is 36.2 Å². The van der Waals surface area contributed by atoms with Crippen LogP contribution < -0.4 is 21.7 Å². The van der Waals surface area contributed by atoms with Gasteiger partial charge in [0.05, 0.1) is 0 Å². The summed E-state index contributed by atoms with van der Waals surface area (Å²) in [6.07, 6.45) is 7.15. The zero-order chi connectivity index (χ0) is 24.6. The molecule has 2 fully saturated rings. The number of nitrogens with one attached hydrogen (secondary N) is 2. The number of aromatic amines is 1. The zero-order valence-corrected chi connectivity index (χ0v) is 19.3. The van der Waals surface area contributed by atoms with Crippen molar-refractivity contribution in [3.8, 4) is 0 Å². The predicted octanol–water partition coefficient (Wildman–Crippen LogP) is 2.56. The third kappa shape index (κ3) is 6.14. The number of carbonyl (C=O) groups is 2. The Morgan fingerprint density at radius 1 is 1.11 bits per heavy atom. The van der Waals surface area contributed by atoms with Crippen LogP contribution in [-0.2, 0) is 4.79 Å². The number of hydrogen-bond donors (Lipinski definition) is 4. The van der Waals surface area contributed by atoms with Gasteiger partial charge < -0.3 is 21.7 Å². The van der Waals surface area contributed by atoms with Gasteiger partial charge in [0.25, 0.3) is 0 Å². The van der Waals surface area contributed by atoms with E-state index in [1.807, 2.05) is 28.9 Å². The summed E-state index contributed by atoms with van der Waals surface area (Å²) in [5, 5.41) is 15.5. The van der Waals surface area contributed by atoms with Gasteiger partial charge in [-0.05, 0) is 49.9 Å². The molecule has 6 rings (SSSR count). The van der Waals surface area contributed by atoms with E-state index in [-0.39, 0.29) is 12.3 Å². The lowest BCUT2D eigenvalue weighted by Gasteiger charge is -2.16. The molecule has 3 aromatic heterocycles. The molecule has 1 saturated carbocycles. The van der Waals surface area contributed by atoms with E-state index in [1.54, 1.807) is 24.3 Å². The van der Waals surface area contributed by atoms with Crippen molar-refractivity contribution in [2.45, 2.75) is 31.6 Å². The predicted molar refractivity (Wildman–Crippen MR) is 133 cm³/mol. The Labute approximate surface area is 202 Å². The molecule has 0 unspecified atom stereocenters. The van der Waals surface area contributed by atoms with E-state index in [9.17, 15) is 4.79 Å². The Balaban J connectivity index is 0.000000202. The molecule has 2 amide bonds. The van der Waals surface area contributed by atoms with E-state index in [1.165, 1.54) is 31.4 Å². The van der Waals surface area contributed by atoms with Gasteiger partial charge in [0.15, 0.2) is 11.6 Å². The van der Waals surface area contributed by atoms with Crippen molar-refractivity contribution in [3.05, 3.63) is 66.0 Å². The molecule has 0 atom stereocenters. The Morgan fingerprint density at radius 3 is 2.46 bits per heavy atom. The number of carbonyl (C=O) groups excluding carboxylic acids is 2. The molecule has 1 aliphatic heterocycles. The van der Waals surface area contributed by atoms with Crippen molar-refractivity contribution in [3.63, 3.8) is 0 Å². The maximum Gasteiger partial charge on any atom is 0.248 e. The average molecular weight is 476 g/mol. The van der Waals surface area contributed by atoms with Gasteiger partial charge in [0.2, 0.25) is 18.3 Å². The summed E-state index contributed by atoms with van der Waals surface area (Å²) in [4.78, 5) is 26.0. The molecule has 0 spiro atoms. The number of fused-ring (bicyclic) bond motifs is 1. The number of hydrogen-bond acceptors (Lipinski definition) is 7. The number of H-pyrrole nitrogens is 1. The second kappa shape index (κ2) is 11.1. The van der Waals surface area contributed by atoms with Crippen LogP contribution >= 0.6 is 0 Å². The smallest absolute Gasteiger partial charge is 0.248 e. The van der Waals surface area contributed by atoms with Gasteiger partial charge in [0, 0.05) is 42.5 Å². The second-order valence-electron chi connectivity index (χ2n) is 8.27. The van der Waals surface area contributed by atoms with Gasteiger partial charge in [-0.1, -0.05) is 18.2 Å². The van der Waals surface area contributed by atoms with E-state index >= 15 is 0 Å². The van der Waals surface area contributed by atoms with Crippen LogP contribution in [0.4, 0.5) is 17.6 Å². The van der Waals surface area contributed by atoms with Crippen molar-refractivity contribution in [2.75, 3.05) is 23.3 Å². The molecule has 6 N–H and O–H groups in total. The summed E-state index contributed by atoms with van der Waals surface area (Å²) >= 11 is 0. The molecule has 1 aliphatic carbocycles. The molecular formula is C24H29N9O2. The van der Waals surface area contributed by atoms with E-state index in [4.69, 9.17) is 15.5 Å². The Morgan fingerprint density at radius 2 is 1.83 bits per heavy atom. The molecule has 0 radical (unpaired) electrons. The van der Waals surface area contributed by atoms with Crippen LogP contribution in [0.5, 0.6) is 0 Å². The first-order valence-corrected chi connectivity index (χ1v) is 11.5. The number of amides is 2. The lowest BCUT2D eigenvalue weighted by Crippen LogP contribution is -2.22. The van der Waals surface area contributed by atoms with Crippen LogP contribution in [0.2, 0.25) is 0 Å². The molecule has 2 aliphatic rings. The van der Waals surface area contributed by atoms with E-state index in [0.29, 0.717) is 11.5 Å². The Hall–Kier alpha value is -4.41. The average Bonchev–Trinajstić information content (AvgIpc) is 3.25. The van der Waals surface area contributed by atoms with Gasteiger partial charge in [0.1, 0.15) is 5.52 Å². The SMILES string of the molecule is NC(=O)c1ccccc1.NC=O.c1cc2c(Nc3cc(C4CC4)[nH]n3)nc(N3CCCC3)nn2c1. The van der Waals surface area contributed by atoms with Crippen LogP contribution in [-0.4, -0.2) is 50.2 Å². The van der Waals surface area contributed by atoms with Gasteiger partial charge in [-0.15, -0.1) is 5.10 Å². The summed E-state index contributed by atoms with van der Waals surface area (Å²) < 4.78 is 1.89. The quantitative estimate of drug-likeness (QED) is 0.323. The van der Waals surface area contributed by atoms with Gasteiger partial charge in [-0.2, -0.15) is 10.1 Å². The highest BCUT2D eigenvalue weighted by atomic mass is 16.1. The van der Waals surface area contributed by atoms with E-state index < -0.39 is 0 Å². The lowest BCUT2D eigenvalue weighted by molar-refractivity contribution is -0.106. The van der Waals surface area contributed by atoms with Gasteiger partial charge >= 0.3 is 0 Å². The fourth-order valence-corrected chi connectivity index (χ4v) is 3.79. The second-order valence-corrected chi connectivity index (χ2v) is 8.27. The van der Waals surface area contributed by atoms with Crippen LogP contribution in [0, 0.1) is 0 Å². The Kier molecular flexibility index (Phi) is 7.56. The van der Waals surface area contributed by atoms with Crippen LogP contribution in [0.1, 0.15) is 47.7 Å². The monoisotopic (exact) mass is 475 g/mol. The van der Waals surface area contributed by atoms with Crippen molar-refractivity contribution < 1.29 is 9.59 Å². The minimum absolute atomic E-state index is 0.250. The number of nitrogens with two attached hydrogens (primary N) is 2. The molecule has 35 heavy (non-hydrogen) atoms.